The van der Waals surface area contributed by atoms with Gasteiger partial charge in [0, 0.05) is 12.0 Å². The first-order valence-corrected chi connectivity index (χ1v) is 7.22. The van der Waals surface area contributed by atoms with Gasteiger partial charge >= 0.3 is 12.3 Å². The first-order valence-electron chi connectivity index (χ1n) is 6.69. The minimum atomic E-state index is -4.76. The van der Waals surface area contributed by atoms with Gasteiger partial charge in [0.25, 0.3) is 5.91 Å². The predicted octanol–water partition coefficient (Wildman–Crippen LogP) is 3.01. The van der Waals surface area contributed by atoms with E-state index in [2.05, 4.69) is 0 Å². The molecule has 0 bridgehead atoms. The highest BCUT2D eigenvalue weighted by molar-refractivity contribution is 6.28. The van der Waals surface area contributed by atoms with E-state index in [1.54, 1.807) is 5.32 Å². The van der Waals surface area contributed by atoms with Crippen LogP contribution in [0.15, 0.2) is 0 Å². The summed E-state index contributed by atoms with van der Waals surface area (Å²) in [6, 6.07) is 0. The Morgan fingerprint density at radius 1 is 1.33 bits per heavy atom. The van der Waals surface area contributed by atoms with Gasteiger partial charge in [0.05, 0.1) is 5.88 Å². The van der Waals surface area contributed by atoms with Gasteiger partial charge in [-0.25, -0.2) is 8.78 Å². The summed E-state index contributed by atoms with van der Waals surface area (Å²) in [5.41, 5.74) is -1.03. The van der Waals surface area contributed by atoms with E-state index in [-0.39, 0.29) is 18.2 Å². The van der Waals surface area contributed by atoms with Crippen molar-refractivity contribution in [2.45, 2.75) is 45.0 Å². The molecule has 3 nitrogen and oxygen atoms in total. The second-order valence-corrected chi connectivity index (χ2v) is 5.89. The van der Waals surface area contributed by atoms with Gasteiger partial charge in [0.15, 0.2) is 5.78 Å². The molecule has 1 amide bonds. The fourth-order valence-corrected chi connectivity index (χ4v) is 2.76. The zero-order chi connectivity index (χ0) is 16.3. The number of ketones is 1. The Bertz CT molecular complexity index is 396. The minimum Gasteiger partial charge on any atom is -0.350 e. The molecule has 122 valence electrons. The third-order valence-electron chi connectivity index (χ3n) is 4.11. The van der Waals surface area contributed by atoms with Crippen LogP contribution in [0.4, 0.5) is 17.6 Å². The van der Waals surface area contributed by atoms with E-state index in [0.29, 0.717) is 31.6 Å². The Labute approximate surface area is 125 Å². The molecule has 1 fully saturated rings. The van der Waals surface area contributed by atoms with Gasteiger partial charge in [-0.2, -0.15) is 8.78 Å². The molecule has 1 rings (SSSR count). The van der Waals surface area contributed by atoms with Crippen molar-refractivity contribution < 1.29 is 27.2 Å². The molecular formula is C13H18ClF4NO2. The van der Waals surface area contributed by atoms with E-state index in [9.17, 15) is 27.2 Å². The monoisotopic (exact) mass is 331 g/mol. The maximum Gasteiger partial charge on any atom is 0.383 e. The fraction of sp³-hybridized carbons (Fsp3) is 0.846. The summed E-state index contributed by atoms with van der Waals surface area (Å²) in [5, 5.41) is 1.80. The molecule has 1 aliphatic rings. The van der Waals surface area contributed by atoms with E-state index in [1.165, 1.54) is 0 Å². The fourth-order valence-electron chi connectivity index (χ4n) is 2.48. The van der Waals surface area contributed by atoms with Crippen LogP contribution in [0.3, 0.4) is 0 Å². The first-order chi connectivity index (χ1) is 9.65. The van der Waals surface area contributed by atoms with Crippen molar-refractivity contribution in [1.82, 2.24) is 5.32 Å². The lowest BCUT2D eigenvalue weighted by Crippen LogP contribution is -2.51. The Morgan fingerprint density at radius 2 is 1.86 bits per heavy atom. The van der Waals surface area contributed by atoms with Crippen LogP contribution in [0.5, 0.6) is 0 Å². The third kappa shape index (κ3) is 4.08. The summed E-state index contributed by atoms with van der Waals surface area (Å²) < 4.78 is 50.0. The standard InChI is InChI=1S/C13H18ClF4NO2/c1-8-2-4-12(5-3-8,9(20)6-14)7-19-11(21)13(17,18)10(15)16/h8,10H,2-7H2,1H3,(H,19,21). The number of alkyl halides is 5. The first kappa shape index (κ1) is 18.2. The van der Waals surface area contributed by atoms with Crippen molar-refractivity contribution in [3.63, 3.8) is 0 Å². The minimum absolute atomic E-state index is 0.296. The molecule has 0 spiro atoms. The average Bonchev–Trinajstić information content (AvgIpc) is 2.45. The summed E-state index contributed by atoms with van der Waals surface area (Å²) in [5.74, 6) is -7.07. The lowest BCUT2D eigenvalue weighted by atomic mass is 9.68. The quantitative estimate of drug-likeness (QED) is 0.601. The Kier molecular flexibility index (Phi) is 6.01. The summed E-state index contributed by atoms with van der Waals surface area (Å²) in [4.78, 5) is 23.2. The van der Waals surface area contributed by atoms with Crippen LogP contribution in [-0.4, -0.2) is 36.5 Å². The molecule has 0 unspecified atom stereocenters. The molecule has 0 heterocycles. The summed E-state index contributed by atoms with van der Waals surface area (Å²) >= 11 is 5.54. The van der Waals surface area contributed by atoms with Gasteiger partial charge < -0.3 is 5.32 Å². The normalized spacial score (nSPS) is 26.7. The number of carbonyl (C=O) groups is 2. The number of halogens is 5. The molecule has 0 aromatic carbocycles. The number of Topliss-reactive ketones (excluding diaryl/α,β-unsaturated/α-hetero) is 1. The molecule has 1 saturated carbocycles. The maximum absolute atomic E-state index is 12.9. The van der Waals surface area contributed by atoms with E-state index < -0.39 is 23.7 Å². The second kappa shape index (κ2) is 6.94. The lowest BCUT2D eigenvalue weighted by molar-refractivity contribution is -0.170. The maximum atomic E-state index is 12.9. The predicted molar refractivity (Wildman–Crippen MR) is 69.8 cm³/mol. The molecule has 0 aliphatic heterocycles. The third-order valence-corrected chi connectivity index (χ3v) is 4.35. The van der Waals surface area contributed by atoms with Gasteiger partial charge in [-0.15, -0.1) is 11.6 Å². The van der Waals surface area contributed by atoms with Gasteiger partial charge in [-0.1, -0.05) is 6.92 Å². The van der Waals surface area contributed by atoms with Gasteiger partial charge in [0.1, 0.15) is 0 Å². The molecule has 21 heavy (non-hydrogen) atoms. The van der Waals surface area contributed by atoms with Crippen LogP contribution in [0.25, 0.3) is 0 Å². The van der Waals surface area contributed by atoms with Crippen LogP contribution in [0.1, 0.15) is 32.6 Å². The zero-order valence-electron chi connectivity index (χ0n) is 11.6. The molecule has 1 aliphatic carbocycles. The summed E-state index contributed by atoms with van der Waals surface area (Å²) in [7, 11) is 0. The number of hydrogen-bond acceptors (Lipinski definition) is 2. The molecular weight excluding hydrogens is 314 g/mol. The van der Waals surface area contributed by atoms with Crippen molar-refractivity contribution in [3.05, 3.63) is 0 Å². The lowest BCUT2D eigenvalue weighted by Gasteiger charge is -2.38. The van der Waals surface area contributed by atoms with E-state index in [1.807, 2.05) is 6.92 Å². The van der Waals surface area contributed by atoms with Gasteiger partial charge in [0.2, 0.25) is 0 Å². The highest BCUT2D eigenvalue weighted by Gasteiger charge is 2.50. The van der Waals surface area contributed by atoms with E-state index in [0.717, 1.165) is 0 Å². The van der Waals surface area contributed by atoms with Crippen LogP contribution in [0, 0.1) is 11.3 Å². The molecule has 0 atom stereocenters. The number of rotatable bonds is 6. The topological polar surface area (TPSA) is 46.2 Å². The van der Waals surface area contributed by atoms with Gasteiger partial charge in [-0.05, 0) is 31.6 Å². The Balaban J connectivity index is 2.76. The highest BCUT2D eigenvalue weighted by Crippen LogP contribution is 2.39. The van der Waals surface area contributed by atoms with Crippen molar-refractivity contribution in [1.29, 1.82) is 0 Å². The summed E-state index contributed by atoms with van der Waals surface area (Å²) in [6.45, 7) is 1.62. The molecule has 1 N–H and O–H groups in total. The smallest absolute Gasteiger partial charge is 0.350 e. The van der Waals surface area contributed by atoms with Crippen LogP contribution < -0.4 is 5.32 Å². The van der Waals surface area contributed by atoms with Crippen LogP contribution in [0.2, 0.25) is 0 Å². The van der Waals surface area contributed by atoms with Gasteiger partial charge in [-0.3, -0.25) is 9.59 Å². The number of hydrogen-bond donors (Lipinski definition) is 1. The highest BCUT2D eigenvalue weighted by atomic mass is 35.5. The van der Waals surface area contributed by atoms with Crippen LogP contribution in [-0.2, 0) is 9.59 Å². The van der Waals surface area contributed by atoms with Crippen LogP contribution >= 0.6 is 11.6 Å². The number of carbonyl (C=O) groups excluding carboxylic acids is 2. The summed E-state index contributed by atoms with van der Waals surface area (Å²) in [6.07, 6.45) is -1.88. The largest absolute Gasteiger partial charge is 0.383 e. The molecule has 0 radical (unpaired) electrons. The SMILES string of the molecule is CC1CCC(CNC(=O)C(F)(F)C(F)F)(C(=O)CCl)CC1. The van der Waals surface area contributed by atoms with Crippen molar-refractivity contribution in [2.75, 3.05) is 12.4 Å². The molecule has 0 aromatic rings. The van der Waals surface area contributed by atoms with Crippen molar-refractivity contribution in [3.8, 4) is 0 Å². The average molecular weight is 332 g/mol. The van der Waals surface area contributed by atoms with Crippen molar-refractivity contribution in [2.24, 2.45) is 11.3 Å². The molecule has 0 aromatic heterocycles. The number of amides is 1. The Morgan fingerprint density at radius 3 is 2.29 bits per heavy atom. The van der Waals surface area contributed by atoms with E-state index in [4.69, 9.17) is 11.6 Å². The Hall–Kier alpha value is -0.850. The van der Waals surface area contributed by atoms with Crippen molar-refractivity contribution >= 4 is 23.3 Å². The number of nitrogens with one attached hydrogen (secondary N) is 1. The second-order valence-electron chi connectivity index (χ2n) is 5.63. The molecule has 8 heteroatoms. The zero-order valence-corrected chi connectivity index (χ0v) is 12.4. The molecule has 0 saturated heterocycles. The van der Waals surface area contributed by atoms with E-state index >= 15 is 0 Å².